The average molecular weight is 405 g/mol. The lowest BCUT2D eigenvalue weighted by Gasteiger charge is -2.08. The highest BCUT2D eigenvalue weighted by atomic mass is 127. The lowest BCUT2D eigenvalue weighted by molar-refractivity contribution is -0.147. The molecule has 0 aliphatic rings. The number of hydrogen-bond donors (Lipinski definition) is 2. The molecule has 0 aromatic heterocycles. The Hall–Kier alpha value is -1.31. The third-order valence-electron chi connectivity index (χ3n) is 2.74. The molecule has 1 rings (SSSR count). The third-order valence-corrected chi connectivity index (χ3v) is 2.74. The Balaban J connectivity index is 0.00000400. The second-order valence-corrected chi connectivity index (χ2v) is 4.98. The molecule has 0 aliphatic carbocycles. The molecule has 1 aromatic rings. The smallest absolute Gasteiger partial charge is 0.307 e. The fourth-order valence-electron chi connectivity index (χ4n) is 1.60. The molecule has 0 spiro atoms. The largest absolute Gasteiger partial charge is 0.463 e. The Morgan fingerprint density at radius 1 is 1.33 bits per heavy atom. The van der Waals surface area contributed by atoms with Gasteiger partial charge >= 0.3 is 5.97 Å². The van der Waals surface area contributed by atoms with E-state index in [0.29, 0.717) is 12.5 Å². The zero-order valence-electron chi connectivity index (χ0n) is 13.0. The number of hydrogen-bond acceptors (Lipinski definition) is 3. The summed E-state index contributed by atoms with van der Waals surface area (Å²) in [5, 5.41) is 3.00. The molecule has 0 heterocycles. The van der Waals surface area contributed by atoms with Gasteiger partial charge in [0, 0.05) is 5.69 Å². The quantitative estimate of drug-likeness (QED) is 0.342. The van der Waals surface area contributed by atoms with Crippen LogP contribution >= 0.6 is 24.0 Å². The first-order valence-electron chi connectivity index (χ1n) is 6.72. The summed E-state index contributed by atoms with van der Waals surface area (Å²) >= 11 is 0. The van der Waals surface area contributed by atoms with E-state index in [2.05, 4.69) is 17.2 Å². The van der Waals surface area contributed by atoms with Crippen LogP contribution in [0.2, 0.25) is 0 Å². The highest BCUT2D eigenvalue weighted by molar-refractivity contribution is 14.0. The third kappa shape index (κ3) is 7.89. The number of aryl methyl sites for hydroxylation is 2. The van der Waals surface area contributed by atoms with Crippen LogP contribution in [0.15, 0.2) is 23.2 Å². The van der Waals surface area contributed by atoms with E-state index in [1.165, 1.54) is 11.1 Å². The van der Waals surface area contributed by atoms with Crippen molar-refractivity contribution in [3.63, 3.8) is 0 Å². The second-order valence-electron chi connectivity index (χ2n) is 4.98. The number of anilines is 1. The van der Waals surface area contributed by atoms with Crippen molar-refractivity contribution >= 4 is 41.6 Å². The molecule has 0 unspecified atom stereocenters. The summed E-state index contributed by atoms with van der Waals surface area (Å²) < 4.78 is 5.01. The first-order chi connectivity index (χ1) is 9.38. The van der Waals surface area contributed by atoms with Crippen molar-refractivity contribution in [2.75, 3.05) is 11.9 Å². The van der Waals surface area contributed by atoms with Gasteiger partial charge in [-0.25, -0.2) is 0 Å². The van der Waals surface area contributed by atoms with E-state index in [-0.39, 0.29) is 42.5 Å². The van der Waals surface area contributed by atoms with Gasteiger partial charge in [-0.1, -0.05) is 6.07 Å². The molecular weight excluding hydrogens is 381 g/mol. The van der Waals surface area contributed by atoms with E-state index in [1.54, 1.807) is 0 Å². The maximum Gasteiger partial charge on any atom is 0.307 e. The van der Waals surface area contributed by atoms with Gasteiger partial charge in [0.2, 0.25) is 0 Å². The van der Waals surface area contributed by atoms with Crippen LogP contribution in [-0.4, -0.2) is 24.6 Å². The van der Waals surface area contributed by atoms with E-state index in [4.69, 9.17) is 10.5 Å². The van der Waals surface area contributed by atoms with E-state index in [9.17, 15) is 4.79 Å². The molecule has 0 saturated carbocycles. The number of nitrogens with one attached hydrogen (secondary N) is 1. The number of esters is 1. The van der Waals surface area contributed by atoms with E-state index < -0.39 is 0 Å². The molecule has 0 amide bonds. The summed E-state index contributed by atoms with van der Waals surface area (Å²) in [5.74, 6) is 0.0355. The van der Waals surface area contributed by atoms with Gasteiger partial charge in [-0.2, -0.15) is 0 Å². The molecule has 0 aliphatic heterocycles. The van der Waals surface area contributed by atoms with Gasteiger partial charge in [-0.15, -0.1) is 24.0 Å². The van der Waals surface area contributed by atoms with Gasteiger partial charge in [-0.05, 0) is 51.0 Å². The molecule has 0 saturated heterocycles. The topological polar surface area (TPSA) is 76.7 Å². The van der Waals surface area contributed by atoms with Crippen molar-refractivity contribution in [2.45, 2.75) is 40.2 Å². The van der Waals surface area contributed by atoms with Crippen LogP contribution in [0, 0.1) is 13.8 Å². The summed E-state index contributed by atoms with van der Waals surface area (Å²) in [4.78, 5) is 15.4. The number of carbonyl (C=O) groups is 1. The number of rotatable bonds is 5. The standard InChI is InChI=1S/C15H23N3O2.HI/c1-10(2)20-14(19)7-8-17-15(16)18-13-6-5-11(3)12(4)9-13;/h5-6,9-10H,7-8H2,1-4H3,(H3,16,17,18);1H. The van der Waals surface area contributed by atoms with Gasteiger partial charge in [-0.3, -0.25) is 9.79 Å². The molecule has 6 heteroatoms. The zero-order chi connectivity index (χ0) is 15.1. The second kappa shape index (κ2) is 9.59. The Kier molecular flexibility index (Phi) is 9.00. The Labute approximate surface area is 143 Å². The predicted molar refractivity (Wildman–Crippen MR) is 97.3 cm³/mol. The van der Waals surface area contributed by atoms with Crippen LogP contribution in [0.1, 0.15) is 31.4 Å². The molecule has 0 bridgehead atoms. The molecular formula is C15H24IN3O2. The fourth-order valence-corrected chi connectivity index (χ4v) is 1.60. The monoisotopic (exact) mass is 405 g/mol. The van der Waals surface area contributed by atoms with Crippen molar-refractivity contribution in [2.24, 2.45) is 10.7 Å². The highest BCUT2D eigenvalue weighted by Crippen LogP contribution is 2.13. The normalized spacial score (nSPS) is 11.0. The molecule has 118 valence electrons. The Morgan fingerprint density at radius 3 is 2.57 bits per heavy atom. The number of guanidine groups is 1. The summed E-state index contributed by atoms with van der Waals surface area (Å²) in [5.41, 5.74) is 9.06. The first-order valence-corrected chi connectivity index (χ1v) is 6.72. The maximum absolute atomic E-state index is 11.3. The fraction of sp³-hybridized carbons (Fsp3) is 0.467. The van der Waals surface area contributed by atoms with Crippen LogP contribution in [-0.2, 0) is 9.53 Å². The predicted octanol–water partition coefficient (Wildman–Crippen LogP) is 2.99. The summed E-state index contributed by atoms with van der Waals surface area (Å²) in [6, 6.07) is 5.97. The van der Waals surface area contributed by atoms with Gasteiger partial charge in [0.25, 0.3) is 0 Å². The number of aliphatic imine (C=N–C) groups is 1. The minimum absolute atomic E-state index is 0. The SMILES string of the molecule is Cc1ccc(NC(N)=NCCC(=O)OC(C)C)cc1C.I. The van der Waals surface area contributed by atoms with Crippen molar-refractivity contribution < 1.29 is 9.53 Å². The van der Waals surface area contributed by atoms with Crippen molar-refractivity contribution in [3.05, 3.63) is 29.3 Å². The van der Waals surface area contributed by atoms with Crippen molar-refractivity contribution in [1.82, 2.24) is 0 Å². The van der Waals surface area contributed by atoms with Gasteiger partial charge in [0.15, 0.2) is 5.96 Å². The molecule has 0 fully saturated rings. The molecule has 21 heavy (non-hydrogen) atoms. The van der Waals surface area contributed by atoms with Crippen LogP contribution in [0.25, 0.3) is 0 Å². The zero-order valence-corrected chi connectivity index (χ0v) is 15.3. The summed E-state index contributed by atoms with van der Waals surface area (Å²) in [6.45, 7) is 8.04. The molecule has 3 N–H and O–H groups in total. The number of nitrogens with zero attached hydrogens (tertiary/aromatic N) is 1. The number of halogens is 1. The van der Waals surface area contributed by atoms with E-state index >= 15 is 0 Å². The van der Waals surface area contributed by atoms with Crippen LogP contribution in [0.5, 0.6) is 0 Å². The lowest BCUT2D eigenvalue weighted by Crippen LogP contribution is -2.23. The molecule has 0 atom stereocenters. The minimum atomic E-state index is -0.261. The minimum Gasteiger partial charge on any atom is -0.463 e. The molecule has 0 radical (unpaired) electrons. The number of ether oxygens (including phenoxy) is 1. The number of benzene rings is 1. The van der Waals surface area contributed by atoms with Gasteiger partial charge in [0.05, 0.1) is 19.1 Å². The number of nitrogens with two attached hydrogens (primary N) is 1. The van der Waals surface area contributed by atoms with Gasteiger partial charge < -0.3 is 15.8 Å². The maximum atomic E-state index is 11.3. The van der Waals surface area contributed by atoms with Crippen molar-refractivity contribution in [3.8, 4) is 0 Å². The lowest BCUT2D eigenvalue weighted by atomic mass is 10.1. The Bertz CT molecular complexity index is 502. The van der Waals surface area contributed by atoms with Crippen molar-refractivity contribution in [1.29, 1.82) is 0 Å². The summed E-state index contributed by atoms with van der Waals surface area (Å²) in [6.07, 6.45) is 0.130. The highest BCUT2D eigenvalue weighted by Gasteiger charge is 2.04. The Morgan fingerprint density at radius 2 is 2.00 bits per heavy atom. The molecule has 5 nitrogen and oxygen atoms in total. The van der Waals surface area contributed by atoms with Crippen LogP contribution < -0.4 is 11.1 Å². The molecule has 1 aromatic carbocycles. The van der Waals surface area contributed by atoms with Crippen LogP contribution in [0.3, 0.4) is 0 Å². The number of carbonyl (C=O) groups excluding carboxylic acids is 1. The van der Waals surface area contributed by atoms with Crippen LogP contribution in [0.4, 0.5) is 5.69 Å². The van der Waals surface area contributed by atoms with E-state index in [0.717, 1.165) is 5.69 Å². The van der Waals surface area contributed by atoms with Gasteiger partial charge in [0.1, 0.15) is 0 Å². The van der Waals surface area contributed by atoms with E-state index in [1.807, 2.05) is 39.0 Å². The first kappa shape index (κ1) is 19.7. The summed E-state index contributed by atoms with van der Waals surface area (Å²) in [7, 11) is 0. The average Bonchev–Trinajstić information content (AvgIpc) is 2.33.